The zero-order chi connectivity index (χ0) is 17.2. The number of hydrogen-bond acceptors (Lipinski definition) is 8. The van der Waals surface area contributed by atoms with Crippen molar-refractivity contribution >= 4 is 16.9 Å². The first-order valence-electron chi connectivity index (χ1n) is 7.80. The Kier molecular flexibility index (Phi) is 3.77. The molecule has 8 heteroatoms. The van der Waals surface area contributed by atoms with E-state index in [2.05, 4.69) is 35.4 Å². The molecule has 4 heterocycles. The van der Waals surface area contributed by atoms with Gasteiger partial charge >= 0.3 is 0 Å². The second-order valence-electron chi connectivity index (χ2n) is 5.56. The van der Waals surface area contributed by atoms with E-state index in [1.807, 2.05) is 38.1 Å². The first-order chi connectivity index (χ1) is 12.2. The molecule has 4 rings (SSSR count). The number of aryl methyl sites for hydroxylation is 1. The van der Waals surface area contributed by atoms with Crippen molar-refractivity contribution in [2.75, 3.05) is 5.32 Å². The van der Waals surface area contributed by atoms with Crippen molar-refractivity contribution in [2.24, 2.45) is 0 Å². The van der Waals surface area contributed by atoms with Crippen molar-refractivity contribution in [1.82, 2.24) is 30.1 Å². The van der Waals surface area contributed by atoms with Gasteiger partial charge < -0.3 is 9.84 Å². The lowest BCUT2D eigenvalue weighted by molar-refractivity contribution is 0.368. The predicted octanol–water partition coefficient (Wildman–Crippen LogP) is 2.95. The zero-order valence-corrected chi connectivity index (χ0v) is 13.7. The lowest BCUT2D eigenvalue weighted by Crippen LogP contribution is -2.10. The number of fused-ring (bicyclic) bond motifs is 1. The fourth-order valence-electron chi connectivity index (χ4n) is 2.47. The molecule has 0 radical (unpaired) electrons. The molecular formula is C17H15N7O. The van der Waals surface area contributed by atoms with Gasteiger partial charge in [-0.2, -0.15) is 4.98 Å². The van der Waals surface area contributed by atoms with Crippen molar-refractivity contribution < 1.29 is 4.52 Å². The van der Waals surface area contributed by atoms with Crippen LogP contribution in [0.4, 0.5) is 5.82 Å². The van der Waals surface area contributed by atoms with E-state index in [-0.39, 0.29) is 6.04 Å². The number of hydrogen-bond donors (Lipinski definition) is 1. The molecule has 1 atom stereocenters. The molecule has 0 saturated heterocycles. The maximum absolute atomic E-state index is 5.38. The SMILES string of the molecule is Cc1nc(N[C@H](C)c2nc(-c3cccnc3)no2)c2cccnc2n1. The number of nitrogens with one attached hydrogen (secondary N) is 1. The van der Waals surface area contributed by atoms with Crippen LogP contribution in [0.5, 0.6) is 0 Å². The van der Waals surface area contributed by atoms with Crippen LogP contribution < -0.4 is 5.32 Å². The van der Waals surface area contributed by atoms with E-state index in [0.29, 0.717) is 29.0 Å². The summed E-state index contributed by atoms with van der Waals surface area (Å²) in [5, 5.41) is 8.16. The minimum Gasteiger partial charge on any atom is -0.358 e. The largest absolute Gasteiger partial charge is 0.358 e. The van der Waals surface area contributed by atoms with Gasteiger partial charge in [0, 0.05) is 24.2 Å². The quantitative estimate of drug-likeness (QED) is 0.608. The summed E-state index contributed by atoms with van der Waals surface area (Å²) in [6.07, 6.45) is 5.10. The van der Waals surface area contributed by atoms with Gasteiger partial charge in [-0.15, -0.1) is 0 Å². The van der Waals surface area contributed by atoms with E-state index < -0.39 is 0 Å². The summed E-state index contributed by atoms with van der Waals surface area (Å²) in [5.41, 5.74) is 1.45. The topological polar surface area (TPSA) is 103 Å². The summed E-state index contributed by atoms with van der Waals surface area (Å²) in [5.74, 6) is 2.29. The Bertz CT molecular complexity index is 1020. The summed E-state index contributed by atoms with van der Waals surface area (Å²) in [6, 6.07) is 7.26. The van der Waals surface area contributed by atoms with Crippen molar-refractivity contribution in [1.29, 1.82) is 0 Å². The molecule has 0 aliphatic rings. The van der Waals surface area contributed by atoms with Crippen molar-refractivity contribution in [2.45, 2.75) is 19.9 Å². The number of aromatic nitrogens is 6. The highest BCUT2D eigenvalue weighted by Crippen LogP contribution is 2.24. The third kappa shape index (κ3) is 3.01. The van der Waals surface area contributed by atoms with Crippen LogP contribution in [0.1, 0.15) is 24.7 Å². The number of pyridine rings is 2. The highest BCUT2D eigenvalue weighted by molar-refractivity contribution is 5.86. The fraction of sp³-hybridized carbons (Fsp3) is 0.176. The Hall–Kier alpha value is -3.42. The van der Waals surface area contributed by atoms with Gasteiger partial charge in [0.05, 0.1) is 5.39 Å². The van der Waals surface area contributed by atoms with E-state index in [1.54, 1.807) is 18.6 Å². The van der Waals surface area contributed by atoms with Crippen LogP contribution in [0.3, 0.4) is 0 Å². The first kappa shape index (κ1) is 15.1. The van der Waals surface area contributed by atoms with E-state index in [9.17, 15) is 0 Å². The Balaban J connectivity index is 1.63. The highest BCUT2D eigenvalue weighted by Gasteiger charge is 2.17. The van der Waals surface area contributed by atoms with Crippen LogP contribution in [0, 0.1) is 6.92 Å². The first-order valence-corrected chi connectivity index (χ1v) is 7.80. The van der Waals surface area contributed by atoms with E-state index >= 15 is 0 Å². The van der Waals surface area contributed by atoms with Gasteiger partial charge in [-0.25, -0.2) is 15.0 Å². The van der Waals surface area contributed by atoms with E-state index in [4.69, 9.17) is 4.52 Å². The van der Waals surface area contributed by atoms with Gasteiger partial charge in [0.15, 0.2) is 5.65 Å². The summed E-state index contributed by atoms with van der Waals surface area (Å²) >= 11 is 0. The minimum atomic E-state index is -0.226. The maximum Gasteiger partial charge on any atom is 0.249 e. The Morgan fingerprint density at radius 3 is 2.80 bits per heavy atom. The molecule has 0 bridgehead atoms. The van der Waals surface area contributed by atoms with Gasteiger partial charge in [0.1, 0.15) is 17.7 Å². The average Bonchev–Trinajstić information content (AvgIpc) is 3.12. The third-order valence-corrected chi connectivity index (χ3v) is 3.67. The Morgan fingerprint density at radius 1 is 1.08 bits per heavy atom. The van der Waals surface area contributed by atoms with Gasteiger partial charge in [-0.05, 0) is 38.1 Å². The Labute approximate surface area is 143 Å². The normalized spacial score (nSPS) is 12.2. The second kappa shape index (κ2) is 6.23. The zero-order valence-electron chi connectivity index (χ0n) is 13.7. The third-order valence-electron chi connectivity index (χ3n) is 3.67. The number of rotatable bonds is 4. The molecule has 0 amide bonds. The molecule has 1 N–H and O–H groups in total. The maximum atomic E-state index is 5.38. The summed E-state index contributed by atoms with van der Waals surface area (Å²) < 4.78 is 5.38. The lowest BCUT2D eigenvalue weighted by Gasteiger charge is -2.12. The fourth-order valence-corrected chi connectivity index (χ4v) is 2.47. The molecule has 0 aliphatic carbocycles. The average molecular weight is 333 g/mol. The molecular weight excluding hydrogens is 318 g/mol. The van der Waals surface area contributed by atoms with Crippen LogP contribution in [-0.2, 0) is 0 Å². The van der Waals surface area contributed by atoms with Crippen molar-refractivity contribution in [3.05, 3.63) is 54.6 Å². The summed E-state index contributed by atoms with van der Waals surface area (Å²) in [6.45, 7) is 3.76. The van der Waals surface area contributed by atoms with Gasteiger partial charge in [0.25, 0.3) is 0 Å². The molecule has 0 unspecified atom stereocenters. The van der Waals surface area contributed by atoms with Crippen LogP contribution in [-0.4, -0.2) is 30.1 Å². The Morgan fingerprint density at radius 2 is 1.96 bits per heavy atom. The van der Waals surface area contributed by atoms with Crippen LogP contribution in [0.25, 0.3) is 22.4 Å². The number of anilines is 1. The minimum absolute atomic E-state index is 0.226. The molecule has 25 heavy (non-hydrogen) atoms. The van der Waals surface area contributed by atoms with E-state index in [0.717, 1.165) is 10.9 Å². The lowest BCUT2D eigenvalue weighted by atomic mass is 10.2. The molecule has 0 saturated carbocycles. The second-order valence-corrected chi connectivity index (χ2v) is 5.56. The van der Waals surface area contributed by atoms with Crippen LogP contribution >= 0.6 is 0 Å². The van der Waals surface area contributed by atoms with Crippen LogP contribution in [0.15, 0.2) is 47.4 Å². The number of nitrogens with zero attached hydrogens (tertiary/aromatic N) is 6. The predicted molar refractivity (Wildman–Crippen MR) is 91.6 cm³/mol. The molecule has 0 aromatic carbocycles. The van der Waals surface area contributed by atoms with Gasteiger partial charge in [-0.3, -0.25) is 4.98 Å². The standard InChI is InChI=1S/C17H15N7O/c1-10(17-23-14(24-25-17)12-5-3-7-18-9-12)20-16-13-6-4-8-19-15(13)21-11(2)22-16/h3-10H,1-2H3,(H,19,20,21,22)/t10-/m1/s1. The molecule has 0 fully saturated rings. The van der Waals surface area contributed by atoms with Gasteiger partial charge in [-0.1, -0.05) is 5.16 Å². The van der Waals surface area contributed by atoms with Crippen LogP contribution in [0.2, 0.25) is 0 Å². The highest BCUT2D eigenvalue weighted by atomic mass is 16.5. The monoisotopic (exact) mass is 333 g/mol. The molecule has 4 aromatic rings. The summed E-state index contributed by atoms with van der Waals surface area (Å²) in [4.78, 5) is 21.6. The molecule has 0 spiro atoms. The summed E-state index contributed by atoms with van der Waals surface area (Å²) in [7, 11) is 0. The van der Waals surface area contributed by atoms with Gasteiger partial charge in [0.2, 0.25) is 11.7 Å². The molecule has 8 nitrogen and oxygen atoms in total. The molecule has 124 valence electrons. The molecule has 0 aliphatic heterocycles. The van der Waals surface area contributed by atoms with Crippen molar-refractivity contribution in [3.8, 4) is 11.4 Å². The molecule has 4 aromatic heterocycles. The van der Waals surface area contributed by atoms with Crippen molar-refractivity contribution in [3.63, 3.8) is 0 Å². The smallest absolute Gasteiger partial charge is 0.249 e. The van der Waals surface area contributed by atoms with E-state index in [1.165, 1.54) is 0 Å².